The van der Waals surface area contributed by atoms with Crippen molar-refractivity contribution in [3.8, 4) is 62.5 Å². The van der Waals surface area contributed by atoms with Gasteiger partial charge in [0, 0.05) is 16.7 Å². The van der Waals surface area contributed by atoms with Gasteiger partial charge in [0.05, 0.1) is 11.6 Å². The van der Waals surface area contributed by atoms with Crippen LogP contribution in [0.3, 0.4) is 0 Å². The summed E-state index contributed by atoms with van der Waals surface area (Å²) >= 11 is 0. The highest BCUT2D eigenvalue weighted by Crippen LogP contribution is 2.60. The molecule has 0 spiro atoms. The molecule has 232 valence electrons. The summed E-state index contributed by atoms with van der Waals surface area (Å²) < 4.78 is 0. The number of nitriles is 1. The van der Waals surface area contributed by atoms with E-state index in [1.54, 1.807) is 0 Å². The second-order valence-corrected chi connectivity index (χ2v) is 14.3. The van der Waals surface area contributed by atoms with Crippen molar-refractivity contribution >= 4 is 0 Å². The molecule has 0 atom stereocenters. The predicted molar refractivity (Wildman–Crippen MR) is 192 cm³/mol. The van der Waals surface area contributed by atoms with E-state index in [0.29, 0.717) is 28.5 Å². The van der Waals surface area contributed by atoms with Crippen LogP contribution in [0.15, 0.2) is 127 Å². The van der Waals surface area contributed by atoms with E-state index in [-0.39, 0.29) is 0 Å². The van der Waals surface area contributed by atoms with Crippen molar-refractivity contribution in [3.05, 3.63) is 139 Å². The van der Waals surface area contributed by atoms with Crippen LogP contribution in [0.1, 0.15) is 49.7 Å². The lowest BCUT2D eigenvalue weighted by Crippen LogP contribution is -2.48. The molecule has 48 heavy (non-hydrogen) atoms. The molecule has 1 aromatic heterocycles. The largest absolute Gasteiger partial charge is 0.208 e. The van der Waals surface area contributed by atoms with E-state index in [1.165, 1.54) is 49.7 Å². The van der Waals surface area contributed by atoms with Crippen LogP contribution in [0.25, 0.3) is 56.4 Å². The van der Waals surface area contributed by atoms with Crippen molar-refractivity contribution in [2.24, 2.45) is 17.8 Å². The van der Waals surface area contributed by atoms with Gasteiger partial charge in [-0.1, -0.05) is 109 Å². The summed E-state index contributed by atoms with van der Waals surface area (Å²) in [6.45, 7) is 0. The minimum absolute atomic E-state index is 0.380. The Bertz CT molecular complexity index is 2140. The van der Waals surface area contributed by atoms with Crippen LogP contribution in [0, 0.1) is 29.1 Å². The summed E-state index contributed by atoms with van der Waals surface area (Å²) in [7, 11) is 0. The van der Waals surface area contributed by atoms with Gasteiger partial charge in [-0.15, -0.1) is 0 Å². The molecule has 1 heterocycles. The first kappa shape index (κ1) is 28.8. The molecule has 4 heteroatoms. The third kappa shape index (κ3) is 5.20. The molecule has 0 amide bonds. The fourth-order valence-corrected chi connectivity index (χ4v) is 9.35. The molecule has 10 rings (SSSR count). The van der Waals surface area contributed by atoms with E-state index < -0.39 is 0 Å². The highest BCUT2D eigenvalue weighted by Gasteiger charge is 2.51. The first-order valence-corrected chi connectivity index (χ1v) is 17.3. The van der Waals surface area contributed by atoms with Crippen molar-refractivity contribution in [2.75, 3.05) is 0 Å². The lowest BCUT2D eigenvalue weighted by molar-refractivity contribution is -0.00518. The van der Waals surface area contributed by atoms with Crippen molar-refractivity contribution in [2.45, 2.75) is 43.9 Å². The molecule has 4 bridgehead atoms. The number of hydrogen-bond acceptors (Lipinski definition) is 4. The Balaban J connectivity index is 1.12. The molecular formula is C44H36N4. The second-order valence-electron chi connectivity index (χ2n) is 14.3. The summed E-state index contributed by atoms with van der Waals surface area (Å²) in [4.78, 5) is 15.2. The minimum atomic E-state index is 0.380. The Morgan fingerprint density at radius 1 is 0.479 bits per heavy atom. The molecule has 0 saturated heterocycles. The van der Waals surface area contributed by atoms with E-state index in [2.05, 4.69) is 66.7 Å². The van der Waals surface area contributed by atoms with E-state index in [4.69, 9.17) is 15.0 Å². The number of benzene rings is 5. The SMILES string of the molecule is N#Cc1cccc(-c2cccc(-c3nc(-c4ccccc4)nc(-c4ccccc4-c4ccc(C56C[C@H]7C[C@@H](C5)C[C@@H](C6)C7)cc4)n3)c2)c1. The Labute approximate surface area is 282 Å². The van der Waals surface area contributed by atoms with Crippen molar-refractivity contribution in [1.29, 1.82) is 5.26 Å². The Kier molecular flexibility index (Phi) is 7.01. The molecule has 4 fully saturated rings. The summed E-state index contributed by atoms with van der Waals surface area (Å²) in [6.07, 6.45) is 8.49. The molecule has 6 aromatic rings. The third-order valence-electron chi connectivity index (χ3n) is 11.1. The van der Waals surface area contributed by atoms with Crippen LogP contribution in [0.5, 0.6) is 0 Å². The zero-order chi connectivity index (χ0) is 32.1. The average molecular weight is 621 g/mol. The van der Waals surface area contributed by atoms with Gasteiger partial charge < -0.3 is 0 Å². The fourth-order valence-electron chi connectivity index (χ4n) is 9.35. The van der Waals surface area contributed by atoms with Crippen LogP contribution in [0.4, 0.5) is 0 Å². The monoisotopic (exact) mass is 620 g/mol. The lowest BCUT2D eigenvalue weighted by atomic mass is 9.48. The molecule has 0 radical (unpaired) electrons. The Morgan fingerprint density at radius 2 is 1.02 bits per heavy atom. The molecular weight excluding hydrogens is 585 g/mol. The number of rotatable bonds is 6. The van der Waals surface area contributed by atoms with Gasteiger partial charge in [-0.2, -0.15) is 5.26 Å². The van der Waals surface area contributed by atoms with Gasteiger partial charge >= 0.3 is 0 Å². The van der Waals surface area contributed by atoms with Crippen LogP contribution < -0.4 is 0 Å². The first-order valence-electron chi connectivity index (χ1n) is 17.3. The van der Waals surface area contributed by atoms with Crippen molar-refractivity contribution in [1.82, 2.24) is 15.0 Å². The molecule has 0 N–H and O–H groups in total. The molecule has 4 nitrogen and oxygen atoms in total. The molecule has 4 aliphatic carbocycles. The van der Waals surface area contributed by atoms with Crippen molar-refractivity contribution < 1.29 is 0 Å². The smallest absolute Gasteiger partial charge is 0.164 e. The highest BCUT2D eigenvalue weighted by atomic mass is 15.0. The summed E-state index contributed by atoms with van der Waals surface area (Å²) in [5.74, 6) is 4.69. The maximum atomic E-state index is 9.47. The van der Waals surface area contributed by atoms with Gasteiger partial charge in [-0.3, -0.25) is 0 Å². The number of aromatic nitrogens is 3. The van der Waals surface area contributed by atoms with Gasteiger partial charge in [0.2, 0.25) is 0 Å². The molecule has 0 unspecified atom stereocenters. The molecule has 4 saturated carbocycles. The van der Waals surface area contributed by atoms with Crippen LogP contribution in [0.2, 0.25) is 0 Å². The van der Waals surface area contributed by atoms with Gasteiger partial charge in [-0.05, 0) is 108 Å². The second kappa shape index (κ2) is 11.7. The topological polar surface area (TPSA) is 62.5 Å². The maximum absolute atomic E-state index is 9.47. The quantitative estimate of drug-likeness (QED) is 0.186. The molecule has 4 aliphatic rings. The Morgan fingerprint density at radius 3 is 1.71 bits per heavy atom. The van der Waals surface area contributed by atoms with Crippen molar-refractivity contribution in [3.63, 3.8) is 0 Å². The summed E-state index contributed by atoms with van der Waals surface area (Å²) in [6, 6.07) is 46.2. The normalized spacial score (nSPS) is 22.4. The Hall–Kier alpha value is -5.40. The zero-order valence-corrected chi connectivity index (χ0v) is 26.9. The van der Waals surface area contributed by atoms with Gasteiger partial charge in [0.1, 0.15) is 0 Å². The van der Waals surface area contributed by atoms with Gasteiger partial charge in [0.15, 0.2) is 17.5 Å². The van der Waals surface area contributed by atoms with Gasteiger partial charge in [-0.25, -0.2) is 15.0 Å². The van der Waals surface area contributed by atoms with E-state index in [9.17, 15) is 5.26 Å². The molecule has 0 aliphatic heterocycles. The lowest BCUT2D eigenvalue weighted by Gasteiger charge is -2.57. The number of nitrogens with zero attached hydrogens (tertiary/aromatic N) is 4. The highest BCUT2D eigenvalue weighted by molar-refractivity contribution is 5.82. The summed E-state index contributed by atoms with van der Waals surface area (Å²) in [5.41, 5.74) is 9.67. The predicted octanol–water partition coefficient (Wildman–Crippen LogP) is 10.5. The van der Waals surface area contributed by atoms with Crippen LogP contribution in [-0.2, 0) is 5.41 Å². The van der Waals surface area contributed by atoms with E-state index >= 15 is 0 Å². The zero-order valence-electron chi connectivity index (χ0n) is 26.9. The number of hydrogen-bond donors (Lipinski definition) is 0. The van der Waals surface area contributed by atoms with E-state index in [1.807, 2.05) is 66.7 Å². The van der Waals surface area contributed by atoms with Crippen LogP contribution >= 0.6 is 0 Å². The maximum Gasteiger partial charge on any atom is 0.164 e. The molecule has 5 aromatic carbocycles. The summed E-state index contributed by atoms with van der Waals surface area (Å²) in [5, 5.41) is 9.47. The first-order chi connectivity index (χ1) is 23.6. The minimum Gasteiger partial charge on any atom is -0.208 e. The van der Waals surface area contributed by atoms with Crippen LogP contribution in [-0.4, -0.2) is 15.0 Å². The van der Waals surface area contributed by atoms with E-state index in [0.717, 1.165) is 51.1 Å². The average Bonchev–Trinajstić information content (AvgIpc) is 3.14. The third-order valence-corrected chi connectivity index (χ3v) is 11.1. The van der Waals surface area contributed by atoms with Gasteiger partial charge in [0.25, 0.3) is 0 Å². The fraction of sp³-hybridized carbons (Fsp3) is 0.227. The standard InChI is InChI=1S/C44H36N4/c45-28-29-8-6-11-35(23-29)36-12-7-13-37(24-36)42-46-41(34-9-2-1-3-10-34)47-43(48-42)40-15-5-4-14-39(40)33-16-18-38(19-17-33)44-25-30-20-31(26-44)22-32(21-30)27-44/h1-19,23-24,30-32H,20-22,25-27H2/t30-,31+,32-,44?.